The molecule has 0 spiro atoms. The highest BCUT2D eigenvalue weighted by atomic mass is 16.3. The second-order valence-corrected chi connectivity index (χ2v) is 4.60. The maximum absolute atomic E-state index is 5.37. The maximum Gasteiger partial charge on any atom is 0.143 e. The average molecular weight is 269 g/mol. The van der Waals surface area contributed by atoms with E-state index >= 15 is 0 Å². The van der Waals surface area contributed by atoms with Gasteiger partial charge in [-0.25, -0.2) is 0 Å². The predicted molar refractivity (Wildman–Crippen MR) is 74.7 cm³/mol. The number of hydrogen-bond donors (Lipinski definition) is 1. The molecular weight excluding hydrogens is 254 g/mol. The molecule has 2 aromatic heterocycles. The quantitative estimate of drug-likeness (QED) is 0.769. The summed E-state index contributed by atoms with van der Waals surface area (Å²) in [7, 11) is 0. The van der Waals surface area contributed by atoms with Gasteiger partial charge in [0.25, 0.3) is 0 Å². The van der Waals surface area contributed by atoms with E-state index in [0.29, 0.717) is 0 Å². The van der Waals surface area contributed by atoms with Crippen LogP contribution in [0.5, 0.6) is 0 Å². The van der Waals surface area contributed by atoms with E-state index in [-0.39, 0.29) is 6.04 Å². The molecule has 6 heteroatoms. The van der Waals surface area contributed by atoms with E-state index in [1.807, 2.05) is 36.4 Å². The topological polar surface area (TPSA) is 68.8 Å². The normalized spacial score (nSPS) is 12.2. The van der Waals surface area contributed by atoms with Gasteiger partial charge in [-0.3, -0.25) is 0 Å². The van der Waals surface area contributed by atoms with Gasteiger partial charge in [0.1, 0.15) is 12.1 Å². The van der Waals surface area contributed by atoms with Gasteiger partial charge < -0.3 is 9.73 Å². The van der Waals surface area contributed by atoms with Gasteiger partial charge in [-0.15, -0.1) is 5.10 Å². The number of furan rings is 1. The minimum Gasteiger partial charge on any atom is -0.469 e. The van der Waals surface area contributed by atoms with E-state index in [1.165, 1.54) is 0 Å². The van der Waals surface area contributed by atoms with E-state index in [0.717, 1.165) is 23.6 Å². The maximum atomic E-state index is 5.37. The van der Waals surface area contributed by atoms with Gasteiger partial charge in [-0.2, -0.15) is 4.68 Å². The Morgan fingerprint density at radius 2 is 2.15 bits per heavy atom. The van der Waals surface area contributed by atoms with Crippen LogP contribution in [-0.4, -0.2) is 26.2 Å². The molecule has 1 aromatic carbocycles. The summed E-state index contributed by atoms with van der Waals surface area (Å²) in [4.78, 5) is 0. The minimum atomic E-state index is 0.235. The van der Waals surface area contributed by atoms with Crippen LogP contribution in [0, 0.1) is 0 Å². The second-order valence-electron chi connectivity index (χ2n) is 4.60. The molecule has 1 atom stereocenters. The lowest BCUT2D eigenvalue weighted by molar-refractivity contribution is 0.497. The van der Waals surface area contributed by atoms with Gasteiger partial charge in [0, 0.05) is 12.5 Å². The Balaban J connectivity index is 1.77. The lowest BCUT2D eigenvalue weighted by Gasteiger charge is -2.16. The molecule has 1 unspecified atom stereocenters. The van der Waals surface area contributed by atoms with E-state index in [2.05, 4.69) is 27.8 Å². The van der Waals surface area contributed by atoms with Crippen LogP contribution in [-0.2, 0) is 6.42 Å². The Morgan fingerprint density at radius 1 is 1.25 bits per heavy atom. The third-order valence-electron chi connectivity index (χ3n) is 2.99. The minimum absolute atomic E-state index is 0.235. The monoisotopic (exact) mass is 269 g/mol. The molecule has 0 radical (unpaired) electrons. The van der Waals surface area contributed by atoms with Crippen LogP contribution >= 0.6 is 0 Å². The summed E-state index contributed by atoms with van der Waals surface area (Å²) in [5, 5.41) is 14.7. The highest BCUT2D eigenvalue weighted by molar-refractivity contribution is 5.60. The first-order valence-corrected chi connectivity index (χ1v) is 6.44. The average Bonchev–Trinajstić information content (AvgIpc) is 3.11. The van der Waals surface area contributed by atoms with Gasteiger partial charge >= 0.3 is 0 Å². The van der Waals surface area contributed by atoms with Crippen molar-refractivity contribution in [3.63, 3.8) is 0 Å². The summed E-state index contributed by atoms with van der Waals surface area (Å²) in [5.41, 5.74) is 1.91. The number of nitrogens with one attached hydrogen (secondary N) is 1. The van der Waals surface area contributed by atoms with E-state index in [4.69, 9.17) is 4.42 Å². The summed E-state index contributed by atoms with van der Waals surface area (Å²) in [5.74, 6) is 0.963. The summed E-state index contributed by atoms with van der Waals surface area (Å²) in [6.07, 6.45) is 4.09. The van der Waals surface area contributed by atoms with Crippen molar-refractivity contribution in [3.05, 3.63) is 54.7 Å². The fourth-order valence-electron chi connectivity index (χ4n) is 2.11. The van der Waals surface area contributed by atoms with Crippen LogP contribution in [0.15, 0.2) is 53.4 Å². The van der Waals surface area contributed by atoms with Crippen molar-refractivity contribution in [2.45, 2.75) is 19.4 Å². The number of para-hydroxylation sites is 2. The fourth-order valence-corrected chi connectivity index (χ4v) is 2.11. The fraction of sp³-hybridized carbons (Fsp3) is 0.214. The molecule has 0 aliphatic rings. The number of nitrogens with zero attached hydrogens (tertiary/aromatic N) is 4. The number of aromatic nitrogens is 4. The Morgan fingerprint density at radius 3 is 2.90 bits per heavy atom. The molecular formula is C14H15N5O. The second kappa shape index (κ2) is 5.56. The molecule has 1 N–H and O–H groups in total. The third kappa shape index (κ3) is 2.69. The lowest BCUT2D eigenvalue weighted by Crippen LogP contribution is -2.19. The van der Waals surface area contributed by atoms with Crippen LogP contribution in [0.2, 0.25) is 0 Å². The van der Waals surface area contributed by atoms with Crippen molar-refractivity contribution in [1.29, 1.82) is 0 Å². The van der Waals surface area contributed by atoms with Crippen LogP contribution in [0.25, 0.3) is 5.69 Å². The summed E-state index contributed by atoms with van der Waals surface area (Å²) < 4.78 is 7.01. The highest BCUT2D eigenvalue weighted by Crippen LogP contribution is 2.20. The zero-order valence-corrected chi connectivity index (χ0v) is 11.1. The summed E-state index contributed by atoms with van der Waals surface area (Å²) in [6, 6.07) is 12.0. The van der Waals surface area contributed by atoms with Crippen molar-refractivity contribution < 1.29 is 4.42 Å². The van der Waals surface area contributed by atoms with Crippen molar-refractivity contribution >= 4 is 5.69 Å². The Kier molecular flexibility index (Phi) is 3.45. The molecule has 0 aliphatic carbocycles. The van der Waals surface area contributed by atoms with Crippen molar-refractivity contribution in [2.24, 2.45) is 0 Å². The molecule has 3 aromatic rings. The van der Waals surface area contributed by atoms with Gasteiger partial charge in [-0.1, -0.05) is 12.1 Å². The zero-order chi connectivity index (χ0) is 13.8. The van der Waals surface area contributed by atoms with Gasteiger partial charge in [0.2, 0.25) is 0 Å². The molecule has 0 saturated heterocycles. The SMILES string of the molecule is CC(Cc1ccco1)Nc1ccccc1-n1cnnn1. The Hall–Kier alpha value is -2.63. The molecule has 0 aliphatic heterocycles. The molecule has 20 heavy (non-hydrogen) atoms. The van der Waals surface area contributed by atoms with Gasteiger partial charge in [0.15, 0.2) is 0 Å². The smallest absolute Gasteiger partial charge is 0.143 e. The van der Waals surface area contributed by atoms with E-state index in [1.54, 1.807) is 17.3 Å². The van der Waals surface area contributed by atoms with E-state index < -0.39 is 0 Å². The standard InChI is InChI=1S/C14H15N5O/c1-11(9-12-5-4-8-20-12)16-13-6-2-3-7-14(13)19-10-15-17-18-19/h2-8,10-11,16H,9H2,1H3. The molecule has 2 heterocycles. The van der Waals surface area contributed by atoms with Crippen molar-refractivity contribution in [1.82, 2.24) is 20.2 Å². The molecule has 0 saturated carbocycles. The first-order chi connectivity index (χ1) is 9.83. The molecule has 6 nitrogen and oxygen atoms in total. The summed E-state index contributed by atoms with van der Waals surface area (Å²) in [6.45, 7) is 2.11. The predicted octanol–water partition coefficient (Wildman–Crippen LogP) is 2.30. The van der Waals surface area contributed by atoms with Crippen molar-refractivity contribution in [3.8, 4) is 5.69 Å². The highest BCUT2D eigenvalue weighted by Gasteiger charge is 2.10. The molecule has 0 amide bonds. The summed E-state index contributed by atoms with van der Waals surface area (Å²) >= 11 is 0. The van der Waals surface area contributed by atoms with Crippen LogP contribution in [0.1, 0.15) is 12.7 Å². The lowest BCUT2D eigenvalue weighted by atomic mass is 10.1. The molecule has 3 rings (SSSR count). The van der Waals surface area contributed by atoms with Gasteiger partial charge in [-0.05, 0) is 41.6 Å². The van der Waals surface area contributed by atoms with E-state index in [9.17, 15) is 0 Å². The third-order valence-corrected chi connectivity index (χ3v) is 2.99. The van der Waals surface area contributed by atoms with Crippen LogP contribution < -0.4 is 5.32 Å². The largest absolute Gasteiger partial charge is 0.469 e. The number of benzene rings is 1. The van der Waals surface area contributed by atoms with Crippen LogP contribution in [0.3, 0.4) is 0 Å². The number of rotatable bonds is 5. The first-order valence-electron chi connectivity index (χ1n) is 6.44. The Bertz CT molecular complexity index is 648. The number of hydrogen-bond acceptors (Lipinski definition) is 5. The van der Waals surface area contributed by atoms with Crippen LogP contribution in [0.4, 0.5) is 5.69 Å². The van der Waals surface area contributed by atoms with Crippen molar-refractivity contribution in [2.75, 3.05) is 5.32 Å². The number of anilines is 1. The molecule has 0 bridgehead atoms. The first kappa shape index (κ1) is 12.4. The molecule has 102 valence electrons. The zero-order valence-electron chi connectivity index (χ0n) is 11.1. The Labute approximate surface area is 116 Å². The molecule has 0 fully saturated rings. The number of tetrazole rings is 1. The van der Waals surface area contributed by atoms with Gasteiger partial charge in [0.05, 0.1) is 17.6 Å².